The lowest BCUT2D eigenvalue weighted by Crippen LogP contribution is -2.35. The minimum Gasteiger partial charge on any atom is -0.306 e. The molecule has 1 aliphatic heterocycles. The fourth-order valence-electron chi connectivity index (χ4n) is 3.19. The minimum atomic E-state index is 0.160. The van der Waals surface area contributed by atoms with Gasteiger partial charge in [-0.05, 0) is 48.9 Å². The first-order chi connectivity index (χ1) is 9.24. The lowest BCUT2D eigenvalue weighted by Gasteiger charge is -2.34. The molecule has 2 aromatic rings. The highest BCUT2D eigenvalue weighted by Crippen LogP contribution is 2.30. The van der Waals surface area contributed by atoms with Gasteiger partial charge in [0.2, 0.25) is 0 Å². The number of benzene rings is 2. The molecule has 2 heteroatoms. The van der Waals surface area contributed by atoms with Crippen molar-refractivity contribution in [3.63, 3.8) is 0 Å². The van der Waals surface area contributed by atoms with Crippen molar-refractivity contribution in [1.82, 2.24) is 4.90 Å². The zero-order valence-corrected chi connectivity index (χ0v) is 11.5. The SMILES string of the molecule is [B][C@H](c1ccc2ccccc2c1)[C@H]1CCCN(C)C1. The van der Waals surface area contributed by atoms with Crippen molar-refractivity contribution in [2.45, 2.75) is 18.7 Å². The van der Waals surface area contributed by atoms with Gasteiger partial charge in [0.25, 0.3) is 0 Å². The fourth-order valence-corrected chi connectivity index (χ4v) is 3.19. The largest absolute Gasteiger partial charge is 0.306 e. The maximum absolute atomic E-state index is 6.50. The van der Waals surface area contributed by atoms with Gasteiger partial charge in [0.05, 0.1) is 7.85 Å². The molecule has 96 valence electrons. The molecule has 1 fully saturated rings. The zero-order chi connectivity index (χ0) is 13.2. The van der Waals surface area contributed by atoms with E-state index in [1.165, 1.54) is 35.7 Å². The van der Waals surface area contributed by atoms with Crippen LogP contribution in [0, 0.1) is 5.92 Å². The van der Waals surface area contributed by atoms with Crippen LogP contribution in [0.15, 0.2) is 42.5 Å². The van der Waals surface area contributed by atoms with Crippen LogP contribution in [0.1, 0.15) is 24.2 Å². The van der Waals surface area contributed by atoms with Gasteiger partial charge in [0, 0.05) is 6.54 Å². The predicted molar refractivity (Wildman–Crippen MR) is 82.7 cm³/mol. The Balaban J connectivity index is 1.86. The molecule has 0 aliphatic carbocycles. The van der Waals surface area contributed by atoms with Crippen molar-refractivity contribution in [1.29, 1.82) is 0 Å². The van der Waals surface area contributed by atoms with E-state index in [-0.39, 0.29) is 5.82 Å². The van der Waals surface area contributed by atoms with Gasteiger partial charge in [-0.15, -0.1) is 0 Å². The lowest BCUT2D eigenvalue weighted by atomic mass is 9.69. The quantitative estimate of drug-likeness (QED) is 0.737. The third kappa shape index (κ3) is 2.69. The molecule has 0 saturated carbocycles. The molecule has 0 aromatic heterocycles. The van der Waals surface area contributed by atoms with Crippen molar-refractivity contribution in [2.75, 3.05) is 20.1 Å². The van der Waals surface area contributed by atoms with Crippen molar-refractivity contribution < 1.29 is 0 Å². The topological polar surface area (TPSA) is 3.24 Å². The molecule has 0 N–H and O–H groups in total. The molecule has 2 aromatic carbocycles. The van der Waals surface area contributed by atoms with Gasteiger partial charge in [-0.3, -0.25) is 0 Å². The number of hydrogen-bond acceptors (Lipinski definition) is 1. The van der Waals surface area contributed by atoms with Crippen LogP contribution >= 0.6 is 0 Å². The second-order valence-electron chi connectivity index (χ2n) is 5.80. The van der Waals surface area contributed by atoms with Crippen molar-refractivity contribution >= 4 is 18.6 Å². The molecule has 19 heavy (non-hydrogen) atoms. The molecule has 1 heterocycles. The summed E-state index contributed by atoms with van der Waals surface area (Å²) in [5.41, 5.74) is 1.28. The standard InChI is InChI=1S/C17H20BN/c1-19-10-4-7-16(12-19)17(18)15-9-8-13-5-2-3-6-14(13)11-15/h2-3,5-6,8-9,11,16-17H,4,7,10,12H2,1H3/t16-,17+/m0/s1. The Bertz CT molecular complexity index is 566. The van der Waals surface area contributed by atoms with E-state index < -0.39 is 0 Å². The minimum absolute atomic E-state index is 0.160. The van der Waals surface area contributed by atoms with Crippen LogP contribution in [0.25, 0.3) is 10.8 Å². The molecule has 0 unspecified atom stereocenters. The van der Waals surface area contributed by atoms with Crippen molar-refractivity contribution in [3.05, 3.63) is 48.0 Å². The summed E-state index contributed by atoms with van der Waals surface area (Å²) in [4.78, 5) is 2.40. The molecule has 1 nitrogen and oxygen atoms in total. The molecule has 1 aliphatic rings. The normalized spacial score (nSPS) is 22.5. The smallest absolute Gasteiger partial charge is 0.0768 e. The van der Waals surface area contributed by atoms with Crippen LogP contribution in [0.4, 0.5) is 0 Å². The summed E-state index contributed by atoms with van der Waals surface area (Å²) in [6, 6.07) is 15.1. The second kappa shape index (κ2) is 5.38. The fraction of sp³-hybridized carbons (Fsp3) is 0.412. The highest BCUT2D eigenvalue weighted by atomic mass is 15.1. The Morgan fingerprint density at radius 2 is 1.95 bits per heavy atom. The molecule has 0 spiro atoms. The highest BCUT2D eigenvalue weighted by molar-refractivity contribution is 6.12. The van der Waals surface area contributed by atoms with Gasteiger partial charge in [-0.25, -0.2) is 0 Å². The first-order valence-corrected chi connectivity index (χ1v) is 7.17. The van der Waals surface area contributed by atoms with E-state index in [0.29, 0.717) is 5.92 Å². The lowest BCUT2D eigenvalue weighted by molar-refractivity contribution is 0.205. The second-order valence-corrected chi connectivity index (χ2v) is 5.80. The number of fused-ring (bicyclic) bond motifs is 1. The first-order valence-electron chi connectivity index (χ1n) is 7.17. The van der Waals surface area contributed by atoms with E-state index in [0.717, 1.165) is 6.54 Å². The molecule has 0 amide bonds. The van der Waals surface area contributed by atoms with Crippen LogP contribution in [0.3, 0.4) is 0 Å². The average molecular weight is 249 g/mol. The molecule has 2 radical (unpaired) electrons. The Labute approximate surface area is 117 Å². The number of likely N-dealkylation sites (tertiary alicyclic amines) is 1. The highest BCUT2D eigenvalue weighted by Gasteiger charge is 2.23. The first kappa shape index (κ1) is 12.7. The van der Waals surface area contributed by atoms with Gasteiger partial charge in [-0.2, -0.15) is 0 Å². The number of nitrogens with zero attached hydrogens (tertiary/aromatic N) is 1. The molecule has 3 rings (SSSR count). The predicted octanol–water partition coefficient (Wildman–Crippen LogP) is 3.39. The third-order valence-corrected chi connectivity index (χ3v) is 4.33. The Morgan fingerprint density at radius 1 is 1.16 bits per heavy atom. The monoisotopic (exact) mass is 249 g/mol. The number of piperidine rings is 1. The molecule has 0 bridgehead atoms. The number of hydrogen-bond donors (Lipinski definition) is 0. The Kier molecular flexibility index (Phi) is 3.61. The number of rotatable bonds is 2. The van der Waals surface area contributed by atoms with E-state index in [4.69, 9.17) is 7.85 Å². The van der Waals surface area contributed by atoms with Crippen LogP contribution < -0.4 is 0 Å². The average Bonchev–Trinajstić information content (AvgIpc) is 2.46. The summed E-state index contributed by atoms with van der Waals surface area (Å²) >= 11 is 0. The van der Waals surface area contributed by atoms with Crippen LogP contribution in [-0.4, -0.2) is 32.9 Å². The van der Waals surface area contributed by atoms with Crippen LogP contribution in [0.5, 0.6) is 0 Å². The van der Waals surface area contributed by atoms with Crippen LogP contribution in [0.2, 0.25) is 0 Å². The molecular formula is C17H20BN. The van der Waals surface area contributed by atoms with E-state index in [1.54, 1.807) is 0 Å². The van der Waals surface area contributed by atoms with E-state index in [1.807, 2.05) is 0 Å². The maximum atomic E-state index is 6.50. The summed E-state index contributed by atoms with van der Waals surface area (Å²) < 4.78 is 0. The maximum Gasteiger partial charge on any atom is 0.0768 e. The summed E-state index contributed by atoms with van der Waals surface area (Å²) in [7, 11) is 8.69. The summed E-state index contributed by atoms with van der Waals surface area (Å²) in [5, 5.41) is 2.58. The molecular weight excluding hydrogens is 229 g/mol. The third-order valence-electron chi connectivity index (χ3n) is 4.33. The zero-order valence-electron chi connectivity index (χ0n) is 11.5. The summed E-state index contributed by atoms with van der Waals surface area (Å²) in [6.45, 7) is 2.33. The summed E-state index contributed by atoms with van der Waals surface area (Å²) in [5.74, 6) is 0.743. The van der Waals surface area contributed by atoms with E-state index in [9.17, 15) is 0 Å². The molecule has 2 atom stereocenters. The van der Waals surface area contributed by atoms with Crippen LogP contribution in [-0.2, 0) is 0 Å². The van der Waals surface area contributed by atoms with Gasteiger partial charge in [0.1, 0.15) is 0 Å². The Hall–Kier alpha value is -1.28. The van der Waals surface area contributed by atoms with E-state index >= 15 is 0 Å². The Morgan fingerprint density at radius 3 is 2.74 bits per heavy atom. The molecule has 1 saturated heterocycles. The van der Waals surface area contributed by atoms with Gasteiger partial charge in [0.15, 0.2) is 0 Å². The van der Waals surface area contributed by atoms with Crippen molar-refractivity contribution in [2.24, 2.45) is 5.92 Å². The van der Waals surface area contributed by atoms with E-state index in [2.05, 4.69) is 54.4 Å². The van der Waals surface area contributed by atoms with Gasteiger partial charge >= 0.3 is 0 Å². The van der Waals surface area contributed by atoms with Gasteiger partial charge < -0.3 is 4.90 Å². The van der Waals surface area contributed by atoms with Gasteiger partial charge in [-0.1, -0.05) is 48.0 Å². The van der Waals surface area contributed by atoms with Crippen molar-refractivity contribution in [3.8, 4) is 0 Å². The summed E-state index contributed by atoms with van der Waals surface area (Å²) in [6.07, 6.45) is 2.51.